The van der Waals surface area contributed by atoms with Crippen molar-refractivity contribution in [3.8, 4) is 0 Å². The fourth-order valence-electron chi connectivity index (χ4n) is 3.23. The fraction of sp³-hybridized carbons (Fsp3) is 0.417. The van der Waals surface area contributed by atoms with Gasteiger partial charge in [-0.1, -0.05) is 62.4 Å². The normalized spacial score (nSPS) is 13.2. The van der Waals surface area contributed by atoms with Gasteiger partial charge >= 0.3 is 0 Å². The molecule has 0 aromatic heterocycles. The largest absolute Gasteiger partial charge is 0.353 e. The van der Waals surface area contributed by atoms with Gasteiger partial charge in [-0.05, 0) is 50.6 Å². The van der Waals surface area contributed by atoms with E-state index in [0.717, 1.165) is 12.0 Å². The van der Waals surface area contributed by atoms with Crippen LogP contribution in [0.25, 0.3) is 0 Å². The van der Waals surface area contributed by atoms with Crippen LogP contribution in [0, 0.1) is 12.8 Å². The molecule has 0 heterocycles. The highest BCUT2D eigenvalue weighted by atomic mass is 16.2. The van der Waals surface area contributed by atoms with Crippen molar-refractivity contribution < 1.29 is 9.59 Å². The van der Waals surface area contributed by atoms with Crippen LogP contribution < -0.4 is 10.6 Å². The summed E-state index contributed by atoms with van der Waals surface area (Å²) in [5.74, 6) is -0.387. The van der Waals surface area contributed by atoms with Gasteiger partial charge < -0.3 is 15.5 Å². The molecule has 2 rings (SSSR count). The number of carbonyl (C=O) groups excluding carboxylic acids is 2. The van der Waals surface area contributed by atoms with Crippen molar-refractivity contribution in [3.63, 3.8) is 0 Å². The van der Waals surface area contributed by atoms with Gasteiger partial charge in [0.1, 0.15) is 6.04 Å². The number of nitrogens with zero attached hydrogens (tertiary/aromatic N) is 1. The molecular weight excluding hydrogens is 362 g/mol. The van der Waals surface area contributed by atoms with Crippen molar-refractivity contribution in [2.24, 2.45) is 5.92 Å². The maximum atomic E-state index is 12.9. The van der Waals surface area contributed by atoms with Gasteiger partial charge in [0.25, 0.3) is 5.91 Å². The molecule has 5 heteroatoms. The fourth-order valence-corrected chi connectivity index (χ4v) is 3.23. The number of carbonyl (C=O) groups is 2. The minimum Gasteiger partial charge on any atom is -0.353 e. The summed E-state index contributed by atoms with van der Waals surface area (Å²) in [6.45, 7) is 6.29. The molecule has 0 aliphatic carbocycles. The molecule has 2 amide bonds. The third-order valence-corrected chi connectivity index (χ3v) is 5.18. The Hall–Kier alpha value is -2.66. The molecule has 0 fully saturated rings. The van der Waals surface area contributed by atoms with Crippen LogP contribution in [0.5, 0.6) is 0 Å². The van der Waals surface area contributed by atoms with Gasteiger partial charge in [-0.3, -0.25) is 9.59 Å². The molecule has 2 N–H and O–H groups in total. The summed E-state index contributed by atoms with van der Waals surface area (Å²) in [4.78, 5) is 27.7. The van der Waals surface area contributed by atoms with E-state index in [1.54, 1.807) is 6.07 Å². The summed E-state index contributed by atoms with van der Waals surface area (Å²) in [5.41, 5.74) is 2.72. The standard InChI is InChI=1S/C24H33N3O2/c1-17(2)22(26-23(28)21-14-10-9-11-18(21)3)24(29)25-16-20(27(4)5)15-19-12-7-6-8-13-19/h6-14,17,20,22H,15-16H2,1-5H3,(H,25,29)(H,26,28). The average molecular weight is 396 g/mol. The maximum absolute atomic E-state index is 12.9. The van der Waals surface area contributed by atoms with Crippen molar-refractivity contribution in [1.82, 2.24) is 15.5 Å². The summed E-state index contributed by atoms with van der Waals surface area (Å²) in [7, 11) is 4.03. The second kappa shape index (κ2) is 10.8. The molecule has 0 aliphatic heterocycles. The first-order chi connectivity index (χ1) is 13.8. The second-order valence-corrected chi connectivity index (χ2v) is 8.06. The van der Waals surface area contributed by atoms with Crippen LogP contribution in [0.3, 0.4) is 0 Å². The molecule has 0 bridgehead atoms. The third kappa shape index (κ3) is 6.71. The zero-order chi connectivity index (χ0) is 21.4. The smallest absolute Gasteiger partial charge is 0.252 e. The summed E-state index contributed by atoms with van der Waals surface area (Å²) in [6, 6.07) is 17.2. The van der Waals surface area contributed by atoms with Crippen molar-refractivity contribution in [2.75, 3.05) is 20.6 Å². The van der Waals surface area contributed by atoms with Crippen LogP contribution in [0.2, 0.25) is 0 Å². The van der Waals surface area contributed by atoms with E-state index in [1.807, 2.05) is 71.3 Å². The molecule has 29 heavy (non-hydrogen) atoms. The lowest BCUT2D eigenvalue weighted by molar-refractivity contribution is -0.124. The SMILES string of the molecule is Cc1ccccc1C(=O)NC(C(=O)NCC(Cc1ccccc1)N(C)C)C(C)C. The molecule has 0 radical (unpaired) electrons. The first kappa shape index (κ1) is 22.6. The van der Waals surface area contributed by atoms with E-state index in [2.05, 4.69) is 27.7 Å². The number of aryl methyl sites for hydroxylation is 1. The molecule has 0 saturated carbocycles. The first-order valence-electron chi connectivity index (χ1n) is 10.1. The van der Waals surface area contributed by atoms with Gasteiger partial charge in [-0.25, -0.2) is 0 Å². The summed E-state index contributed by atoms with van der Waals surface area (Å²) in [6.07, 6.45) is 0.843. The number of nitrogens with one attached hydrogen (secondary N) is 2. The first-order valence-corrected chi connectivity index (χ1v) is 10.1. The van der Waals surface area contributed by atoms with Crippen LogP contribution in [0.15, 0.2) is 54.6 Å². The molecule has 0 spiro atoms. The monoisotopic (exact) mass is 395 g/mol. The molecule has 2 unspecified atom stereocenters. The Bertz CT molecular complexity index is 803. The van der Waals surface area contributed by atoms with E-state index < -0.39 is 6.04 Å². The Labute approximate surface area is 174 Å². The predicted molar refractivity (Wildman–Crippen MR) is 118 cm³/mol. The van der Waals surface area contributed by atoms with Gasteiger partial charge in [0.05, 0.1) is 0 Å². The Morgan fingerprint density at radius 1 is 0.966 bits per heavy atom. The van der Waals surface area contributed by atoms with Gasteiger partial charge in [0, 0.05) is 18.2 Å². The van der Waals surface area contributed by atoms with Gasteiger partial charge in [-0.15, -0.1) is 0 Å². The van der Waals surface area contributed by atoms with E-state index in [-0.39, 0.29) is 23.8 Å². The average Bonchev–Trinajstić information content (AvgIpc) is 2.69. The minimum absolute atomic E-state index is 0.0186. The van der Waals surface area contributed by atoms with Crippen molar-refractivity contribution >= 4 is 11.8 Å². The quantitative estimate of drug-likeness (QED) is 0.686. The Morgan fingerprint density at radius 3 is 2.17 bits per heavy atom. The zero-order valence-electron chi connectivity index (χ0n) is 18.1. The zero-order valence-corrected chi connectivity index (χ0v) is 18.1. The Balaban J connectivity index is 2.01. The van der Waals surface area contributed by atoms with Gasteiger partial charge in [0.2, 0.25) is 5.91 Å². The Morgan fingerprint density at radius 2 is 1.59 bits per heavy atom. The van der Waals surface area contributed by atoms with E-state index in [1.165, 1.54) is 5.56 Å². The molecule has 156 valence electrons. The molecule has 2 atom stereocenters. The number of rotatable bonds is 9. The molecule has 0 saturated heterocycles. The highest BCUT2D eigenvalue weighted by Gasteiger charge is 2.26. The Kier molecular flexibility index (Phi) is 8.40. The van der Waals surface area contributed by atoms with E-state index >= 15 is 0 Å². The molecule has 2 aromatic carbocycles. The number of amides is 2. The van der Waals surface area contributed by atoms with Crippen LogP contribution in [-0.4, -0.2) is 49.4 Å². The summed E-state index contributed by atoms with van der Waals surface area (Å²) < 4.78 is 0. The van der Waals surface area contributed by atoms with Gasteiger partial charge in [-0.2, -0.15) is 0 Å². The maximum Gasteiger partial charge on any atom is 0.252 e. The van der Waals surface area contributed by atoms with Crippen molar-refractivity contribution in [2.45, 2.75) is 39.3 Å². The highest BCUT2D eigenvalue weighted by Crippen LogP contribution is 2.10. The van der Waals surface area contributed by atoms with Crippen LogP contribution >= 0.6 is 0 Å². The van der Waals surface area contributed by atoms with E-state index in [0.29, 0.717) is 12.1 Å². The lowest BCUT2D eigenvalue weighted by Crippen LogP contribution is -2.52. The number of hydrogen-bond acceptors (Lipinski definition) is 3. The number of likely N-dealkylation sites (N-methyl/N-ethyl adjacent to an activating group) is 1. The predicted octanol–water partition coefficient (Wildman–Crippen LogP) is 3.04. The van der Waals surface area contributed by atoms with Crippen LogP contribution in [0.1, 0.15) is 35.3 Å². The molecule has 0 aliphatic rings. The topological polar surface area (TPSA) is 61.4 Å². The summed E-state index contributed by atoms with van der Waals surface area (Å²) in [5, 5.41) is 5.95. The number of hydrogen-bond donors (Lipinski definition) is 2. The molecule has 2 aromatic rings. The van der Waals surface area contributed by atoms with Crippen molar-refractivity contribution in [1.29, 1.82) is 0 Å². The summed E-state index contributed by atoms with van der Waals surface area (Å²) >= 11 is 0. The minimum atomic E-state index is -0.582. The van der Waals surface area contributed by atoms with Crippen molar-refractivity contribution in [3.05, 3.63) is 71.3 Å². The van der Waals surface area contributed by atoms with Gasteiger partial charge in [0.15, 0.2) is 0 Å². The van der Waals surface area contributed by atoms with E-state index in [9.17, 15) is 9.59 Å². The van der Waals surface area contributed by atoms with Crippen LogP contribution in [-0.2, 0) is 11.2 Å². The third-order valence-electron chi connectivity index (χ3n) is 5.18. The molecular formula is C24H33N3O2. The van der Waals surface area contributed by atoms with Crippen LogP contribution in [0.4, 0.5) is 0 Å². The lowest BCUT2D eigenvalue weighted by Gasteiger charge is -2.27. The highest BCUT2D eigenvalue weighted by molar-refractivity contribution is 5.98. The number of benzene rings is 2. The lowest BCUT2D eigenvalue weighted by atomic mass is 10.0. The second-order valence-electron chi connectivity index (χ2n) is 8.06. The van der Waals surface area contributed by atoms with E-state index in [4.69, 9.17) is 0 Å². The molecule has 5 nitrogen and oxygen atoms in total.